The Balaban J connectivity index is 0.00000264. The first kappa shape index (κ1) is 20.5. The van der Waals surface area contributed by atoms with Crippen LogP contribution in [0, 0.1) is 11.8 Å². The molecule has 0 bridgehead atoms. The van der Waals surface area contributed by atoms with Gasteiger partial charge in [0, 0.05) is 32.7 Å². The Morgan fingerprint density at radius 3 is 2.48 bits per heavy atom. The predicted octanol–water partition coefficient (Wildman–Crippen LogP) is 1.41. The molecule has 2 saturated heterocycles. The van der Waals surface area contributed by atoms with Crippen LogP contribution in [0.15, 0.2) is 4.99 Å². The summed E-state index contributed by atoms with van der Waals surface area (Å²) in [6, 6.07) is 0. The van der Waals surface area contributed by atoms with Crippen molar-refractivity contribution in [3.8, 4) is 0 Å². The molecule has 2 rings (SSSR count). The van der Waals surface area contributed by atoms with Crippen molar-refractivity contribution in [3.05, 3.63) is 0 Å². The maximum Gasteiger partial charge on any atom is 0.308 e. The smallest absolute Gasteiger partial charge is 0.308 e. The van der Waals surface area contributed by atoms with Gasteiger partial charge in [-0.2, -0.15) is 0 Å². The van der Waals surface area contributed by atoms with Crippen molar-refractivity contribution < 1.29 is 9.53 Å². The Hall–Kier alpha value is -0.570. The number of aliphatic imine (C=N–C) groups is 1. The van der Waals surface area contributed by atoms with Crippen molar-refractivity contribution in [1.29, 1.82) is 0 Å². The summed E-state index contributed by atoms with van der Waals surface area (Å²) in [7, 11) is 3.64. The predicted molar refractivity (Wildman–Crippen MR) is 103 cm³/mol. The van der Waals surface area contributed by atoms with E-state index in [1.165, 1.54) is 20.1 Å². The number of halogens is 1. The lowest BCUT2D eigenvalue weighted by atomic mass is 9.97. The fourth-order valence-corrected chi connectivity index (χ4v) is 3.31. The summed E-state index contributed by atoms with van der Waals surface area (Å²) >= 11 is 0. The van der Waals surface area contributed by atoms with E-state index in [2.05, 4.69) is 29.1 Å². The highest BCUT2D eigenvalue weighted by Crippen LogP contribution is 2.19. The number of hydrogen-bond acceptors (Lipinski definition) is 4. The highest BCUT2D eigenvalue weighted by Gasteiger charge is 2.27. The van der Waals surface area contributed by atoms with Gasteiger partial charge in [0.25, 0.3) is 0 Å². The molecule has 0 aliphatic carbocycles. The van der Waals surface area contributed by atoms with Crippen LogP contribution < -0.4 is 5.32 Å². The maximum absolute atomic E-state index is 11.6. The molecule has 2 aliphatic rings. The number of ether oxygens (including phenoxy) is 1. The average Bonchev–Trinajstić information content (AvgIpc) is 2.96. The molecule has 0 amide bonds. The molecule has 0 aromatic rings. The summed E-state index contributed by atoms with van der Waals surface area (Å²) in [5.41, 5.74) is 0. The lowest BCUT2D eigenvalue weighted by Gasteiger charge is -2.33. The quantitative estimate of drug-likeness (QED) is 0.311. The summed E-state index contributed by atoms with van der Waals surface area (Å²) in [4.78, 5) is 21.1. The highest BCUT2D eigenvalue weighted by molar-refractivity contribution is 14.0. The van der Waals surface area contributed by atoms with Gasteiger partial charge < -0.3 is 19.9 Å². The van der Waals surface area contributed by atoms with Crippen LogP contribution in [0.2, 0.25) is 0 Å². The van der Waals surface area contributed by atoms with E-state index in [1.807, 2.05) is 0 Å². The first-order valence-corrected chi connectivity index (χ1v) is 8.43. The SMILES string of the molecule is CCNC(=NCC1CCN(C)C1)N1CCC(C(=O)OC)CC1.I. The van der Waals surface area contributed by atoms with Crippen molar-refractivity contribution >= 4 is 35.9 Å². The fourth-order valence-electron chi connectivity index (χ4n) is 3.31. The van der Waals surface area contributed by atoms with Gasteiger partial charge in [-0.3, -0.25) is 9.79 Å². The van der Waals surface area contributed by atoms with Crippen molar-refractivity contribution in [2.75, 3.05) is 53.4 Å². The largest absolute Gasteiger partial charge is 0.469 e. The molecule has 0 aromatic heterocycles. The minimum atomic E-state index is -0.0735. The van der Waals surface area contributed by atoms with Crippen LogP contribution in [0.25, 0.3) is 0 Å². The van der Waals surface area contributed by atoms with Crippen LogP contribution in [0.5, 0.6) is 0 Å². The fraction of sp³-hybridized carbons (Fsp3) is 0.875. The Kier molecular flexibility index (Phi) is 9.19. The molecule has 2 fully saturated rings. The Bertz CT molecular complexity index is 398. The number of hydrogen-bond donors (Lipinski definition) is 1. The molecule has 23 heavy (non-hydrogen) atoms. The second-order valence-electron chi connectivity index (χ2n) is 6.40. The Morgan fingerprint density at radius 1 is 1.26 bits per heavy atom. The maximum atomic E-state index is 11.6. The lowest BCUT2D eigenvalue weighted by Crippen LogP contribution is -2.46. The minimum Gasteiger partial charge on any atom is -0.469 e. The molecule has 2 heterocycles. The number of piperidine rings is 1. The minimum absolute atomic E-state index is 0. The van der Waals surface area contributed by atoms with Crippen LogP contribution in [-0.4, -0.2) is 75.2 Å². The van der Waals surface area contributed by atoms with Gasteiger partial charge in [-0.15, -0.1) is 24.0 Å². The summed E-state index contributed by atoms with van der Waals surface area (Å²) in [5, 5.41) is 3.39. The summed E-state index contributed by atoms with van der Waals surface area (Å²) in [6.45, 7) is 7.94. The van der Waals surface area contributed by atoms with Gasteiger partial charge in [0.15, 0.2) is 5.96 Å². The second kappa shape index (κ2) is 10.3. The Morgan fingerprint density at radius 2 is 1.96 bits per heavy atom. The summed E-state index contributed by atoms with van der Waals surface area (Å²) in [5.74, 6) is 1.65. The second-order valence-corrected chi connectivity index (χ2v) is 6.40. The van der Waals surface area contributed by atoms with Crippen molar-refractivity contribution in [2.45, 2.75) is 26.2 Å². The third-order valence-electron chi connectivity index (χ3n) is 4.65. The average molecular weight is 438 g/mol. The van der Waals surface area contributed by atoms with Gasteiger partial charge in [0.05, 0.1) is 13.0 Å². The van der Waals surface area contributed by atoms with E-state index in [-0.39, 0.29) is 35.9 Å². The first-order valence-electron chi connectivity index (χ1n) is 8.43. The molecular weight excluding hydrogens is 407 g/mol. The molecule has 134 valence electrons. The molecule has 0 spiro atoms. The normalized spacial score (nSPS) is 23.5. The van der Waals surface area contributed by atoms with Crippen LogP contribution in [0.3, 0.4) is 0 Å². The number of nitrogens with one attached hydrogen (secondary N) is 1. The van der Waals surface area contributed by atoms with Crippen molar-refractivity contribution in [3.63, 3.8) is 0 Å². The van der Waals surface area contributed by atoms with E-state index in [0.717, 1.165) is 51.5 Å². The van der Waals surface area contributed by atoms with Gasteiger partial charge in [-0.25, -0.2) is 0 Å². The van der Waals surface area contributed by atoms with Crippen LogP contribution in [0.4, 0.5) is 0 Å². The lowest BCUT2D eigenvalue weighted by molar-refractivity contribution is -0.146. The molecule has 1 unspecified atom stereocenters. The molecule has 0 saturated carbocycles. The third kappa shape index (κ3) is 6.10. The number of guanidine groups is 1. The first-order chi connectivity index (χ1) is 10.6. The number of methoxy groups -OCH3 is 1. The van der Waals surface area contributed by atoms with E-state index < -0.39 is 0 Å². The highest BCUT2D eigenvalue weighted by atomic mass is 127. The summed E-state index contributed by atoms with van der Waals surface area (Å²) in [6.07, 6.45) is 2.94. The molecule has 1 atom stereocenters. The van der Waals surface area contributed by atoms with Crippen LogP contribution in [0.1, 0.15) is 26.2 Å². The van der Waals surface area contributed by atoms with E-state index in [4.69, 9.17) is 9.73 Å². The number of esters is 1. The zero-order valence-electron chi connectivity index (χ0n) is 14.6. The molecular formula is C16H31IN4O2. The van der Waals surface area contributed by atoms with Crippen molar-refractivity contribution in [1.82, 2.24) is 15.1 Å². The van der Waals surface area contributed by atoms with Gasteiger partial charge >= 0.3 is 5.97 Å². The van der Waals surface area contributed by atoms with Gasteiger partial charge in [0.2, 0.25) is 0 Å². The molecule has 0 aromatic carbocycles. The topological polar surface area (TPSA) is 57.2 Å². The van der Waals surface area contributed by atoms with E-state index in [0.29, 0.717) is 5.92 Å². The van der Waals surface area contributed by atoms with E-state index >= 15 is 0 Å². The molecule has 6 nitrogen and oxygen atoms in total. The molecule has 0 radical (unpaired) electrons. The number of carbonyl (C=O) groups is 1. The molecule has 7 heteroatoms. The number of nitrogens with zero attached hydrogens (tertiary/aromatic N) is 3. The molecule has 1 N–H and O–H groups in total. The van der Waals surface area contributed by atoms with Crippen LogP contribution >= 0.6 is 24.0 Å². The Labute approximate surface area is 157 Å². The zero-order chi connectivity index (χ0) is 15.9. The van der Waals surface area contributed by atoms with Gasteiger partial charge in [-0.1, -0.05) is 0 Å². The number of rotatable bonds is 4. The monoisotopic (exact) mass is 438 g/mol. The molecule has 2 aliphatic heterocycles. The van der Waals surface area contributed by atoms with Crippen LogP contribution in [-0.2, 0) is 9.53 Å². The third-order valence-corrected chi connectivity index (χ3v) is 4.65. The summed E-state index contributed by atoms with van der Waals surface area (Å²) < 4.78 is 4.85. The number of carbonyl (C=O) groups excluding carboxylic acids is 1. The standard InChI is InChI=1S/C16H30N4O2.HI/c1-4-17-16(18-11-13-5-8-19(2)12-13)20-9-6-14(7-10-20)15(21)22-3;/h13-14H,4-12H2,1-3H3,(H,17,18);1H. The van der Waals surface area contributed by atoms with E-state index in [9.17, 15) is 4.79 Å². The van der Waals surface area contributed by atoms with Gasteiger partial charge in [0.1, 0.15) is 0 Å². The zero-order valence-corrected chi connectivity index (χ0v) is 16.9. The van der Waals surface area contributed by atoms with E-state index in [1.54, 1.807) is 0 Å². The van der Waals surface area contributed by atoms with Crippen molar-refractivity contribution in [2.24, 2.45) is 16.8 Å². The van der Waals surface area contributed by atoms with Gasteiger partial charge in [-0.05, 0) is 45.7 Å². The number of likely N-dealkylation sites (tertiary alicyclic amines) is 2.